The maximum Gasteiger partial charge on any atom is 0.141 e. The summed E-state index contributed by atoms with van der Waals surface area (Å²) in [6.45, 7) is 6.69. The zero-order valence-electron chi connectivity index (χ0n) is 12.3. The van der Waals surface area contributed by atoms with Crippen molar-refractivity contribution in [3.8, 4) is 0 Å². The number of halogens is 2. The van der Waals surface area contributed by atoms with E-state index < -0.39 is 0 Å². The molecule has 0 aromatic heterocycles. The Labute approximate surface area is 126 Å². The van der Waals surface area contributed by atoms with Crippen LogP contribution in [-0.2, 0) is 6.42 Å². The van der Waals surface area contributed by atoms with Crippen LogP contribution in [0.2, 0.25) is 5.02 Å². The Morgan fingerprint density at radius 1 is 1.40 bits per heavy atom. The lowest BCUT2D eigenvalue weighted by Gasteiger charge is -2.43. The fraction of sp³-hybridized carbons (Fsp3) is 0.625. The summed E-state index contributed by atoms with van der Waals surface area (Å²) >= 11 is 5.85. The summed E-state index contributed by atoms with van der Waals surface area (Å²) in [4.78, 5) is 2.50. The van der Waals surface area contributed by atoms with Crippen LogP contribution in [-0.4, -0.2) is 29.6 Å². The molecule has 1 saturated heterocycles. The number of rotatable bonds is 5. The van der Waals surface area contributed by atoms with Crippen LogP contribution in [0.3, 0.4) is 0 Å². The van der Waals surface area contributed by atoms with Crippen molar-refractivity contribution in [3.05, 3.63) is 34.6 Å². The van der Waals surface area contributed by atoms with Gasteiger partial charge in [0.15, 0.2) is 0 Å². The maximum absolute atomic E-state index is 13.2. The first-order valence-electron chi connectivity index (χ1n) is 7.42. The van der Waals surface area contributed by atoms with Crippen LogP contribution in [0.5, 0.6) is 0 Å². The molecule has 2 N–H and O–H groups in total. The summed E-state index contributed by atoms with van der Waals surface area (Å²) in [5, 5.41) is 0.175. The Kier molecular flexibility index (Phi) is 5.05. The first-order valence-corrected chi connectivity index (χ1v) is 7.79. The fourth-order valence-electron chi connectivity index (χ4n) is 3.09. The first kappa shape index (κ1) is 15.7. The molecular weight excluding hydrogens is 275 g/mol. The van der Waals surface area contributed by atoms with Crippen molar-refractivity contribution in [2.24, 2.45) is 5.73 Å². The van der Waals surface area contributed by atoms with Crippen molar-refractivity contribution < 1.29 is 4.39 Å². The minimum absolute atomic E-state index is 0.00262. The Morgan fingerprint density at radius 2 is 2.05 bits per heavy atom. The molecule has 2 unspecified atom stereocenters. The monoisotopic (exact) mass is 298 g/mol. The van der Waals surface area contributed by atoms with Crippen LogP contribution >= 0.6 is 11.6 Å². The second kappa shape index (κ2) is 6.42. The fourth-order valence-corrected chi connectivity index (χ4v) is 3.29. The van der Waals surface area contributed by atoms with Crippen molar-refractivity contribution in [1.82, 2.24) is 4.90 Å². The Bertz CT molecular complexity index is 460. The molecule has 112 valence electrons. The van der Waals surface area contributed by atoms with E-state index >= 15 is 0 Å². The molecule has 1 aliphatic rings. The zero-order valence-corrected chi connectivity index (χ0v) is 13.1. The summed E-state index contributed by atoms with van der Waals surface area (Å²) in [7, 11) is 0. The SMILES string of the molecule is CCC(C)(C(N)Cc1ccc(F)c(Cl)c1)N1CCCC1. The Hall–Kier alpha value is -0.640. The van der Waals surface area contributed by atoms with Crippen molar-refractivity contribution in [2.75, 3.05) is 13.1 Å². The second-order valence-corrected chi connectivity index (χ2v) is 6.37. The first-order chi connectivity index (χ1) is 9.47. The number of nitrogens with two attached hydrogens (primary N) is 1. The third-order valence-corrected chi connectivity index (χ3v) is 5.07. The van der Waals surface area contributed by atoms with Crippen molar-refractivity contribution in [2.45, 2.75) is 51.1 Å². The van der Waals surface area contributed by atoms with Crippen LogP contribution < -0.4 is 5.73 Å². The number of likely N-dealkylation sites (tertiary alicyclic amines) is 1. The highest BCUT2D eigenvalue weighted by Crippen LogP contribution is 2.29. The highest BCUT2D eigenvalue weighted by Gasteiger charge is 2.37. The second-order valence-electron chi connectivity index (χ2n) is 5.96. The van der Waals surface area contributed by atoms with Gasteiger partial charge in [-0.05, 0) is 63.4 Å². The van der Waals surface area contributed by atoms with Crippen LogP contribution in [0.1, 0.15) is 38.7 Å². The number of nitrogens with zero attached hydrogens (tertiary/aromatic N) is 1. The normalized spacial score (nSPS) is 20.9. The molecule has 2 nitrogen and oxygen atoms in total. The Balaban J connectivity index is 2.12. The predicted molar refractivity (Wildman–Crippen MR) is 82.6 cm³/mol. The van der Waals surface area contributed by atoms with E-state index in [4.69, 9.17) is 17.3 Å². The van der Waals surface area contributed by atoms with E-state index in [0.717, 1.165) is 31.5 Å². The molecule has 1 aromatic rings. The van der Waals surface area contributed by atoms with E-state index in [9.17, 15) is 4.39 Å². The van der Waals surface area contributed by atoms with E-state index in [2.05, 4.69) is 18.7 Å². The Morgan fingerprint density at radius 3 is 2.60 bits per heavy atom. The highest BCUT2D eigenvalue weighted by atomic mass is 35.5. The molecule has 0 spiro atoms. The molecule has 1 aromatic carbocycles. The molecule has 20 heavy (non-hydrogen) atoms. The summed E-state index contributed by atoms with van der Waals surface area (Å²) in [6, 6.07) is 4.91. The molecule has 1 fully saturated rings. The van der Waals surface area contributed by atoms with Gasteiger partial charge in [-0.1, -0.05) is 24.6 Å². The minimum atomic E-state index is -0.373. The lowest BCUT2D eigenvalue weighted by molar-refractivity contribution is 0.0999. The van der Waals surface area contributed by atoms with E-state index in [1.165, 1.54) is 18.9 Å². The van der Waals surface area contributed by atoms with Crippen LogP contribution in [0.4, 0.5) is 4.39 Å². The standard InChI is InChI=1S/C16H24ClFN2/c1-3-16(2,20-8-4-5-9-20)15(19)11-12-6-7-14(18)13(17)10-12/h6-7,10,15H,3-5,8-9,11,19H2,1-2H3. The van der Waals surface area contributed by atoms with Gasteiger partial charge in [0.05, 0.1) is 5.02 Å². The largest absolute Gasteiger partial charge is 0.326 e. The van der Waals surface area contributed by atoms with E-state index in [1.807, 2.05) is 0 Å². The molecule has 0 saturated carbocycles. The third-order valence-electron chi connectivity index (χ3n) is 4.78. The molecule has 0 amide bonds. The van der Waals surface area contributed by atoms with Crippen molar-refractivity contribution >= 4 is 11.6 Å². The average Bonchev–Trinajstić information content (AvgIpc) is 2.96. The number of benzene rings is 1. The number of hydrogen-bond acceptors (Lipinski definition) is 2. The van der Waals surface area contributed by atoms with Gasteiger partial charge in [-0.2, -0.15) is 0 Å². The topological polar surface area (TPSA) is 29.3 Å². The summed E-state index contributed by atoms with van der Waals surface area (Å²) in [5.74, 6) is -0.373. The van der Waals surface area contributed by atoms with E-state index in [1.54, 1.807) is 12.1 Å². The van der Waals surface area contributed by atoms with Gasteiger partial charge in [0, 0.05) is 11.6 Å². The lowest BCUT2D eigenvalue weighted by Crippen LogP contribution is -2.57. The van der Waals surface area contributed by atoms with E-state index in [0.29, 0.717) is 0 Å². The molecule has 2 atom stereocenters. The quantitative estimate of drug-likeness (QED) is 0.900. The maximum atomic E-state index is 13.2. The van der Waals surface area contributed by atoms with Gasteiger partial charge in [0.2, 0.25) is 0 Å². The molecule has 4 heteroatoms. The van der Waals surface area contributed by atoms with Crippen LogP contribution in [0.15, 0.2) is 18.2 Å². The zero-order chi connectivity index (χ0) is 14.8. The van der Waals surface area contributed by atoms with Gasteiger partial charge < -0.3 is 5.73 Å². The molecule has 0 radical (unpaired) electrons. The van der Waals surface area contributed by atoms with E-state index in [-0.39, 0.29) is 22.4 Å². The van der Waals surface area contributed by atoms with Gasteiger partial charge in [-0.15, -0.1) is 0 Å². The van der Waals surface area contributed by atoms with Crippen molar-refractivity contribution in [1.29, 1.82) is 0 Å². The van der Waals surface area contributed by atoms with Crippen LogP contribution in [0.25, 0.3) is 0 Å². The molecule has 1 heterocycles. The molecule has 2 rings (SSSR count). The summed E-state index contributed by atoms with van der Waals surface area (Å²) < 4.78 is 13.2. The lowest BCUT2D eigenvalue weighted by atomic mass is 9.84. The smallest absolute Gasteiger partial charge is 0.141 e. The van der Waals surface area contributed by atoms with Crippen LogP contribution in [0, 0.1) is 5.82 Å². The molecule has 0 bridgehead atoms. The summed E-state index contributed by atoms with van der Waals surface area (Å²) in [5.41, 5.74) is 7.48. The predicted octanol–water partition coefficient (Wildman–Crippen LogP) is 3.61. The van der Waals surface area contributed by atoms with Gasteiger partial charge in [0.1, 0.15) is 5.82 Å². The number of hydrogen-bond donors (Lipinski definition) is 1. The van der Waals surface area contributed by atoms with Gasteiger partial charge in [-0.3, -0.25) is 4.90 Å². The van der Waals surface area contributed by atoms with Gasteiger partial charge in [0.25, 0.3) is 0 Å². The average molecular weight is 299 g/mol. The molecule has 0 aliphatic carbocycles. The van der Waals surface area contributed by atoms with Gasteiger partial charge in [-0.25, -0.2) is 4.39 Å². The minimum Gasteiger partial charge on any atom is -0.326 e. The summed E-state index contributed by atoms with van der Waals surface area (Å²) in [6.07, 6.45) is 4.25. The highest BCUT2D eigenvalue weighted by molar-refractivity contribution is 6.30. The molecule has 1 aliphatic heterocycles. The van der Waals surface area contributed by atoms with Gasteiger partial charge >= 0.3 is 0 Å². The van der Waals surface area contributed by atoms with Crippen molar-refractivity contribution in [3.63, 3.8) is 0 Å². The molecular formula is C16H24ClFN2. The third kappa shape index (κ3) is 3.16.